The van der Waals surface area contributed by atoms with Gasteiger partial charge in [0.25, 0.3) is 5.91 Å². The van der Waals surface area contributed by atoms with Crippen molar-refractivity contribution >= 4 is 23.6 Å². The highest BCUT2D eigenvalue weighted by atomic mass is 32.2. The van der Waals surface area contributed by atoms with E-state index < -0.39 is 6.04 Å². The van der Waals surface area contributed by atoms with Gasteiger partial charge in [-0.25, -0.2) is 0 Å². The van der Waals surface area contributed by atoms with Crippen molar-refractivity contribution in [1.82, 2.24) is 10.2 Å². The maximum absolute atomic E-state index is 12.7. The fraction of sp³-hybridized carbons (Fsp3) is 0.300. The second-order valence-corrected chi connectivity index (χ2v) is 7.50. The molecule has 1 saturated heterocycles. The van der Waals surface area contributed by atoms with E-state index in [0.29, 0.717) is 12.3 Å². The van der Waals surface area contributed by atoms with Gasteiger partial charge in [-0.3, -0.25) is 9.59 Å². The van der Waals surface area contributed by atoms with E-state index in [1.807, 2.05) is 48.5 Å². The number of hydrogen-bond acceptors (Lipinski definition) is 4. The molecule has 2 aromatic carbocycles. The van der Waals surface area contributed by atoms with Gasteiger partial charge in [0.05, 0.1) is 7.11 Å². The van der Waals surface area contributed by atoms with E-state index in [4.69, 9.17) is 4.74 Å². The summed E-state index contributed by atoms with van der Waals surface area (Å²) in [5, 5.41) is 2.95. The lowest BCUT2D eigenvalue weighted by atomic mass is 10.1. The summed E-state index contributed by atoms with van der Waals surface area (Å²) in [6.45, 7) is 0.548. The van der Waals surface area contributed by atoms with Gasteiger partial charge in [0, 0.05) is 17.9 Å². The van der Waals surface area contributed by atoms with Crippen LogP contribution in [-0.2, 0) is 11.2 Å². The number of thioether (sulfide) groups is 1. The van der Waals surface area contributed by atoms with Crippen LogP contribution in [0, 0.1) is 0 Å². The Morgan fingerprint density at radius 1 is 1.23 bits per heavy atom. The van der Waals surface area contributed by atoms with Crippen molar-refractivity contribution in [3.63, 3.8) is 0 Å². The zero-order valence-electron chi connectivity index (χ0n) is 14.5. The normalized spacial score (nSPS) is 20.7. The number of carbonyl (C=O) groups excluding carboxylic acids is 2. The first-order chi connectivity index (χ1) is 12.7. The van der Waals surface area contributed by atoms with E-state index in [2.05, 4.69) is 5.32 Å². The van der Waals surface area contributed by atoms with Crippen LogP contribution in [0.3, 0.4) is 0 Å². The molecule has 134 valence electrons. The monoisotopic (exact) mass is 368 g/mol. The van der Waals surface area contributed by atoms with Crippen LogP contribution in [0.5, 0.6) is 5.75 Å². The summed E-state index contributed by atoms with van der Waals surface area (Å²) in [6, 6.07) is 15.0. The number of carbonyl (C=O) groups is 2. The number of rotatable bonds is 5. The smallest absolute Gasteiger partial charge is 0.256 e. The maximum atomic E-state index is 12.7. The third kappa shape index (κ3) is 2.94. The summed E-state index contributed by atoms with van der Waals surface area (Å²) in [5.41, 5.74) is 2.88. The Morgan fingerprint density at radius 3 is 2.77 bits per heavy atom. The van der Waals surface area contributed by atoms with Crippen LogP contribution in [0.1, 0.15) is 26.9 Å². The van der Waals surface area contributed by atoms with Crippen molar-refractivity contribution in [3.8, 4) is 5.75 Å². The molecule has 1 fully saturated rings. The molecule has 0 aliphatic carbocycles. The number of ether oxygens (including phenoxy) is 1. The minimum absolute atomic E-state index is 0.0314. The van der Waals surface area contributed by atoms with Crippen molar-refractivity contribution in [2.45, 2.75) is 17.8 Å². The molecule has 2 atom stereocenters. The molecule has 1 N–H and O–H groups in total. The molecule has 2 aliphatic rings. The summed E-state index contributed by atoms with van der Waals surface area (Å²) >= 11 is 1.66. The second-order valence-electron chi connectivity index (χ2n) is 6.39. The van der Waals surface area contributed by atoms with Crippen LogP contribution < -0.4 is 10.1 Å². The lowest BCUT2D eigenvalue weighted by molar-refractivity contribution is -0.124. The van der Waals surface area contributed by atoms with E-state index in [1.54, 1.807) is 23.8 Å². The SMILES string of the molecule is COc1ccc(CCNC(=O)[C@@H]2CS[C@@H]3c4ccccc4C(=O)N32)cc1. The first-order valence-electron chi connectivity index (χ1n) is 8.63. The highest BCUT2D eigenvalue weighted by Gasteiger charge is 2.48. The zero-order chi connectivity index (χ0) is 18.1. The molecule has 0 aromatic heterocycles. The predicted molar refractivity (Wildman–Crippen MR) is 101 cm³/mol. The van der Waals surface area contributed by atoms with Crippen molar-refractivity contribution in [2.24, 2.45) is 0 Å². The van der Waals surface area contributed by atoms with Gasteiger partial charge < -0.3 is 15.0 Å². The van der Waals surface area contributed by atoms with Crippen LogP contribution in [0.4, 0.5) is 0 Å². The molecule has 0 bridgehead atoms. The molecule has 0 radical (unpaired) electrons. The Morgan fingerprint density at radius 2 is 2.00 bits per heavy atom. The number of hydrogen-bond donors (Lipinski definition) is 1. The molecular formula is C20H20N2O3S. The highest BCUT2D eigenvalue weighted by Crippen LogP contribution is 2.47. The number of nitrogens with zero attached hydrogens (tertiary/aromatic N) is 1. The summed E-state index contributed by atoms with van der Waals surface area (Å²) in [6.07, 6.45) is 0.743. The first kappa shape index (κ1) is 17.0. The Balaban J connectivity index is 1.36. The number of fused-ring (bicyclic) bond motifs is 3. The largest absolute Gasteiger partial charge is 0.497 e. The molecule has 2 heterocycles. The summed E-state index contributed by atoms with van der Waals surface area (Å²) in [4.78, 5) is 27.0. The fourth-order valence-corrected chi connectivity index (χ4v) is 4.95. The molecule has 5 nitrogen and oxygen atoms in total. The number of benzene rings is 2. The Hall–Kier alpha value is -2.47. The average molecular weight is 368 g/mol. The van der Waals surface area contributed by atoms with Gasteiger partial charge in [0.2, 0.25) is 5.91 Å². The molecule has 2 aromatic rings. The Kier molecular flexibility index (Phi) is 4.59. The van der Waals surface area contributed by atoms with Crippen molar-refractivity contribution in [3.05, 3.63) is 65.2 Å². The van der Waals surface area contributed by atoms with E-state index in [1.165, 1.54) is 0 Å². The van der Waals surface area contributed by atoms with Gasteiger partial charge >= 0.3 is 0 Å². The molecule has 0 spiro atoms. The third-order valence-corrected chi connectivity index (χ3v) is 6.17. The van der Waals surface area contributed by atoms with Gasteiger partial charge in [0.1, 0.15) is 17.2 Å². The zero-order valence-corrected chi connectivity index (χ0v) is 15.3. The topological polar surface area (TPSA) is 58.6 Å². The molecule has 0 saturated carbocycles. The lowest BCUT2D eigenvalue weighted by Gasteiger charge is -2.22. The van der Waals surface area contributed by atoms with Gasteiger partial charge in [-0.2, -0.15) is 0 Å². The van der Waals surface area contributed by atoms with Crippen molar-refractivity contribution in [2.75, 3.05) is 19.4 Å². The molecule has 2 amide bonds. The molecule has 26 heavy (non-hydrogen) atoms. The predicted octanol–water partition coefficient (Wildman–Crippen LogP) is 2.62. The Labute approximate surface area is 156 Å². The van der Waals surface area contributed by atoms with Crippen LogP contribution in [0.2, 0.25) is 0 Å². The van der Waals surface area contributed by atoms with Crippen LogP contribution >= 0.6 is 11.8 Å². The standard InChI is InChI=1S/C20H20N2O3S/c1-25-14-8-6-13(7-9-14)10-11-21-18(23)17-12-26-20-16-5-3-2-4-15(16)19(24)22(17)20/h2-9,17,20H,10-12H2,1H3,(H,21,23)/t17-,20+/m0/s1. The minimum Gasteiger partial charge on any atom is -0.497 e. The number of nitrogens with one attached hydrogen (secondary N) is 1. The van der Waals surface area contributed by atoms with Gasteiger partial charge in [0.15, 0.2) is 0 Å². The average Bonchev–Trinajstić information content (AvgIpc) is 3.23. The maximum Gasteiger partial charge on any atom is 0.256 e. The quantitative estimate of drug-likeness (QED) is 0.881. The summed E-state index contributed by atoms with van der Waals surface area (Å²) < 4.78 is 5.15. The van der Waals surface area contributed by atoms with Crippen molar-refractivity contribution < 1.29 is 14.3 Å². The molecule has 2 aliphatic heterocycles. The summed E-state index contributed by atoms with van der Waals surface area (Å²) in [7, 11) is 1.64. The number of methoxy groups -OCH3 is 1. The van der Waals surface area contributed by atoms with Gasteiger partial charge in [-0.15, -0.1) is 11.8 Å². The third-order valence-electron chi connectivity index (χ3n) is 4.87. The highest BCUT2D eigenvalue weighted by molar-refractivity contribution is 7.99. The minimum atomic E-state index is -0.402. The van der Waals surface area contributed by atoms with Crippen molar-refractivity contribution in [1.29, 1.82) is 0 Å². The number of amides is 2. The van der Waals surface area contributed by atoms with Crippen LogP contribution in [0.25, 0.3) is 0 Å². The molecule has 6 heteroatoms. The lowest BCUT2D eigenvalue weighted by Crippen LogP contribution is -2.46. The molecule has 4 rings (SSSR count). The van der Waals surface area contributed by atoms with E-state index in [9.17, 15) is 9.59 Å². The molecule has 0 unspecified atom stereocenters. The Bertz CT molecular complexity index is 837. The van der Waals surface area contributed by atoms with E-state index in [-0.39, 0.29) is 17.2 Å². The fourth-order valence-electron chi connectivity index (χ4n) is 3.48. The second kappa shape index (κ2) is 7.03. The van der Waals surface area contributed by atoms with E-state index in [0.717, 1.165) is 28.9 Å². The van der Waals surface area contributed by atoms with Crippen LogP contribution in [-0.4, -0.2) is 42.2 Å². The van der Waals surface area contributed by atoms with E-state index >= 15 is 0 Å². The first-order valence-corrected chi connectivity index (χ1v) is 9.68. The van der Waals surface area contributed by atoms with Crippen LogP contribution in [0.15, 0.2) is 48.5 Å². The van der Waals surface area contributed by atoms with Gasteiger partial charge in [-0.1, -0.05) is 30.3 Å². The summed E-state index contributed by atoms with van der Waals surface area (Å²) in [5.74, 6) is 1.35. The van der Waals surface area contributed by atoms with Gasteiger partial charge in [-0.05, 0) is 35.7 Å². The molecular weight excluding hydrogens is 348 g/mol.